The molecule has 7 rings (SSSR count). The maximum absolute atomic E-state index is 13.9. The number of benzene rings is 2. The molecule has 1 aromatic heterocycles. The summed E-state index contributed by atoms with van der Waals surface area (Å²) in [6.07, 6.45) is 10.1. The Morgan fingerprint density at radius 1 is 0.949 bits per heavy atom. The fourth-order valence-corrected chi connectivity index (χ4v) is 7.99. The largest absolute Gasteiger partial charge is 0.361 e. The third-order valence-corrected chi connectivity index (χ3v) is 9.50. The van der Waals surface area contributed by atoms with Gasteiger partial charge in [-0.1, -0.05) is 48.5 Å². The number of fused-ring (bicyclic) bond motifs is 1. The van der Waals surface area contributed by atoms with Gasteiger partial charge in [-0.25, -0.2) is 4.79 Å². The van der Waals surface area contributed by atoms with Crippen molar-refractivity contribution in [1.29, 1.82) is 0 Å². The van der Waals surface area contributed by atoms with E-state index in [1.807, 2.05) is 43.0 Å². The van der Waals surface area contributed by atoms with Crippen LogP contribution in [0.25, 0.3) is 10.9 Å². The molecule has 0 radical (unpaired) electrons. The molecule has 3 amide bonds. The lowest BCUT2D eigenvalue weighted by atomic mass is 9.53. The Morgan fingerprint density at radius 3 is 2.26 bits per heavy atom. The molecular weight excluding hydrogens is 484 g/mol. The van der Waals surface area contributed by atoms with Crippen LogP contribution in [0.2, 0.25) is 0 Å². The molecular formula is C33H42N4O2. The van der Waals surface area contributed by atoms with Crippen molar-refractivity contribution in [1.82, 2.24) is 20.1 Å². The van der Waals surface area contributed by atoms with Crippen LogP contribution in [-0.4, -0.2) is 51.4 Å². The molecule has 0 aliphatic heterocycles. The van der Waals surface area contributed by atoms with Crippen LogP contribution in [0, 0.1) is 17.8 Å². The first kappa shape index (κ1) is 26.0. The molecule has 4 fully saturated rings. The average molecular weight is 527 g/mol. The highest BCUT2D eigenvalue weighted by Gasteiger charge is 2.52. The van der Waals surface area contributed by atoms with E-state index in [-0.39, 0.29) is 30.1 Å². The summed E-state index contributed by atoms with van der Waals surface area (Å²) in [6.45, 7) is 5.25. The number of aromatic nitrogens is 1. The maximum Gasteiger partial charge on any atom is 0.318 e. The van der Waals surface area contributed by atoms with Crippen molar-refractivity contribution in [3.8, 4) is 0 Å². The van der Waals surface area contributed by atoms with E-state index in [0.29, 0.717) is 13.1 Å². The molecule has 0 saturated heterocycles. The van der Waals surface area contributed by atoms with E-state index in [0.717, 1.165) is 54.5 Å². The van der Waals surface area contributed by atoms with Gasteiger partial charge in [0.15, 0.2) is 0 Å². The zero-order valence-corrected chi connectivity index (χ0v) is 23.4. The highest BCUT2D eigenvalue weighted by molar-refractivity contribution is 5.85. The lowest BCUT2D eigenvalue weighted by Gasteiger charge is -2.57. The van der Waals surface area contributed by atoms with Crippen molar-refractivity contribution in [2.45, 2.75) is 76.9 Å². The zero-order valence-electron chi connectivity index (χ0n) is 23.4. The number of rotatable bonds is 9. The first-order valence-electron chi connectivity index (χ1n) is 14.8. The third kappa shape index (κ3) is 5.57. The summed E-state index contributed by atoms with van der Waals surface area (Å²) in [5.74, 6) is 2.28. The van der Waals surface area contributed by atoms with Gasteiger partial charge in [-0.2, -0.15) is 0 Å². The number of urea groups is 1. The van der Waals surface area contributed by atoms with E-state index in [9.17, 15) is 9.59 Å². The Kier molecular flexibility index (Phi) is 7.13. The van der Waals surface area contributed by atoms with E-state index in [4.69, 9.17) is 0 Å². The van der Waals surface area contributed by atoms with E-state index in [2.05, 4.69) is 46.8 Å². The second kappa shape index (κ2) is 10.7. The van der Waals surface area contributed by atoms with Gasteiger partial charge in [0.2, 0.25) is 5.91 Å². The van der Waals surface area contributed by atoms with Gasteiger partial charge in [0.25, 0.3) is 0 Å². The standard InChI is InChI=1S/C33H42N4O2/c1-23(2)37(32(39)35-33-17-25-14-26(18-33)16-27(15-25)19-33)22-31(38)36(21-24-8-4-3-5-9-24)13-12-28-20-34-30-11-7-6-10-29(28)30/h3-11,20,23,25-27,34H,12-19,21-22H2,1-2H3,(H,35,39). The van der Waals surface area contributed by atoms with Crippen molar-refractivity contribution in [3.05, 3.63) is 71.9 Å². The van der Waals surface area contributed by atoms with E-state index < -0.39 is 0 Å². The number of carbonyl (C=O) groups excluding carboxylic acids is 2. The number of nitrogens with one attached hydrogen (secondary N) is 2. The van der Waals surface area contributed by atoms with Crippen LogP contribution in [0.4, 0.5) is 4.79 Å². The van der Waals surface area contributed by atoms with E-state index >= 15 is 0 Å². The molecule has 4 bridgehead atoms. The zero-order chi connectivity index (χ0) is 27.0. The molecule has 0 atom stereocenters. The summed E-state index contributed by atoms with van der Waals surface area (Å²) in [7, 11) is 0. The van der Waals surface area contributed by atoms with Crippen LogP contribution in [0.3, 0.4) is 0 Å². The minimum Gasteiger partial charge on any atom is -0.361 e. The normalized spacial score (nSPS) is 25.3. The molecule has 2 aromatic carbocycles. The Morgan fingerprint density at radius 2 is 1.59 bits per heavy atom. The first-order valence-corrected chi connectivity index (χ1v) is 14.8. The van der Waals surface area contributed by atoms with Crippen LogP contribution in [0.5, 0.6) is 0 Å². The molecule has 206 valence electrons. The fraction of sp³-hybridized carbons (Fsp3) is 0.515. The van der Waals surface area contributed by atoms with Crippen LogP contribution < -0.4 is 5.32 Å². The maximum atomic E-state index is 13.9. The number of amides is 3. The average Bonchev–Trinajstić information content (AvgIpc) is 3.32. The Balaban J connectivity index is 1.16. The van der Waals surface area contributed by atoms with Crippen LogP contribution in [0.1, 0.15) is 63.5 Å². The molecule has 4 aliphatic carbocycles. The summed E-state index contributed by atoms with van der Waals surface area (Å²) in [5.41, 5.74) is 3.34. The lowest BCUT2D eigenvalue weighted by Crippen LogP contribution is -2.63. The van der Waals surface area contributed by atoms with Crippen LogP contribution in [0.15, 0.2) is 60.8 Å². The molecule has 6 nitrogen and oxygen atoms in total. The monoisotopic (exact) mass is 526 g/mol. The smallest absolute Gasteiger partial charge is 0.318 e. The minimum absolute atomic E-state index is 0.00643. The topological polar surface area (TPSA) is 68.4 Å². The van der Waals surface area contributed by atoms with Crippen LogP contribution in [-0.2, 0) is 17.8 Å². The number of aromatic amines is 1. The van der Waals surface area contributed by atoms with Crippen molar-refractivity contribution in [2.75, 3.05) is 13.1 Å². The predicted molar refractivity (Wildman–Crippen MR) is 155 cm³/mol. The first-order chi connectivity index (χ1) is 18.9. The van der Waals surface area contributed by atoms with Gasteiger partial charge in [0.05, 0.1) is 0 Å². The number of hydrogen-bond donors (Lipinski definition) is 2. The molecule has 0 spiro atoms. The number of nitrogens with zero attached hydrogens (tertiary/aromatic N) is 2. The molecule has 4 aliphatic rings. The summed E-state index contributed by atoms with van der Waals surface area (Å²) in [4.78, 5) is 34.6. The number of para-hydroxylation sites is 1. The third-order valence-electron chi connectivity index (χ3n) is 9.50. The highest BCUT2D eigenvalue weighted by Crippen LogP contribution is 2.55. The Labute approximate surface area is 232 Å². The van der Waals surface area contributed by atoms with Crippen molar-refractivity contribution < 1.29 is 9.59 Å². The van der Waals surface area contributed by atoms with Gasteiger partial charge < -0.3 is 20.1 Å². The Hall–Kier alpha value is -3.28. The summed E-state index contributed by atoms with van der Waals surface area (Å²) in [6, 6.07) is 18.3. The second-order valence-corrected chi connectivity index (χ2v) is 12.8. The molecule has 0 unspecified atom stereocenters. The van der Waals surface area contributed by atoms with Gasteiger partial charge in [0.1, 0.15) is 6.54 Å². The summed E-state index contributed by atoms with van der Waals surface area (Å²) in [5, 5.41) is 4.68. The van der Waals surface area contributed by atoms with Gasteiger partial charge in [0, 0.05) is 41.8 Å². The fourth-order valence-electron chi connectivity index (χ4n) is 7.99. The van der Waals surface area contributed by atoms with Gasteiger partial charge in [-0.15, -0.1) is 0 Å². The van der Waals surface area contributed by atoms with Crippen molar-refractivity contribution >= 4 is 22.8 Å². The molecule has 4 saturated carbocycles. The molecule has 2 N–H and O–H groups in total. The van der Waals surface area contributed by atoms with E-state index in [1.54, 1.807) is 4.90 Å². The van der Waals surface area contributed by atoms with Gasteiger partial charge >= 0.3 is 6.03 Å². The molecule has 1 heterocycles. The number of carbonyl (C=O) groups is 2. The molecule has 6 heteroatoms. The van der Waals surface area contributed by atoms with Crippen LogP contribution >= 0.6 is 0 Å². The number of H-pyrrole nitrogens is 1. The number of hydrogen-bond acceptors (Lipinski definition) is 2. The second-order valence-electron chi connectivity index (χ2n) is 12.8. The SMILES string of the molecule is CC(C)N(CC(=O)N(CCc1c[nH]c2ccccc12)Cc1ccccc1)C(=O)NC12CC3CC(CC(C3)C1)C2. The van der Waals surface area contributed by atoms with Gasteiger partial charge in [-0.3, -0.25) is 4.79 Å². The minimum atomic E-state index is -0.0726. The predicted octanol–water partition coefficient (Wildman–Crippen LogP) is 6.13. The lowest BCUT2D eigenvalue weighted by molar-refractivity contribution is -0.132. The Bertz CT molecular complexity index is 1280. The summed E-state index contributed by atoms with van der Waals surface area (Å²) >= 11 is 0. The van der Waals surface area contributed by atoms with E-state index in [1.165, 1.54) is 30.2 Å². The van der Waals surface area contributed by atoms with Gasteiger partial charge in [-0.05, 0) is 93.7 Å². The summed E-state index contributed by atoms with van der Waals surface area (Å²) < 4.78 is 0. The van der Waals surface area contributed by atoms with Crippen molar-refractivity contribution in [2.24, 2.45) is 17.8 Å². The quantitative estimate of drug-likeness (QED) is 0.352. The molecule has 3 aromatic rings. The highest BCUT2D eigenvalue weighted by atomic mass is 16.2. The van der Waals surface area contributed by atoms with Crippen molar-refractivity contribution in [3.63, 3.8) is 0 Å². The molecule has 39 heavy (non-hydrogen) atoms.